The summed E-state index contributed by atoms with van der Waals surface area (Å²) in [6.07, 6.45) is -0.863. The van der Waals surface area contributed by atoms with Crippen LogP contribution >= 0.6 is 15.9 Å². The Hall–Kier alpha value is -0.620. The molecule has 16 heavy (non-hydrogen) atoms. The second kappa shape index (κ2) is 5.63. The number of carbonyl (C=O) groups excluding carboxylic acids is 2. The van der Waals surface area contributed by atoms with Crippen LogP contribution in [0.1, 0.15) is 27.2 Å². The van der Waals surface area contributed by atoms with Gasteiger partial charge in [-0.2, -0.15) is 0 Å². The van der Waals surface area contributed by atoms with Gasteiger partial charge in [-0.1, -0.05) is 15.9 Å². The summed E-state index contributed by atoms with van der Waals surface area (Å²) in [6.45, 7) is 4.42. The molecular weight excluding hydrogens is 280 g/mol. The fraction of sp³-hybridized carbons (Fsp3) is 0.800. The van der Waals surface area contributed by atoms with Crippen LogP contribution in [0.2, 0.25) is 0 Å². The molecule has 0 unspecified atom stereocenters. The molecule has 4 atom stereocenters. The standard InChI is InChI=1S/C10H15BrO5/c1-5-10(16-7(3)13)8(15-6(2)12)4-9(11)14-5/h5,8-10H,4H2,1-3H3/t5-,8-,9-,10+/m0/s1. The van der Waals surface area contributed by atoms with Gasteiger partial charge in [0, 0.05) is 20.3 Å². The van der Waals surface area contributed by atoms with Crippen molar-refractivity contribution in [1.82, 2.24) is 0 Å². The first-order valence-corrected chi connectivity index (χ1v) is 5.95. The van der Waals surface area contributed by atoms with Crippen LogP contribution in [-0.4, -0.2) is 35.3 Å². The molecule has 0 N–H and O–H groups in total. The van der Waals surface area contributed by atoms with E-state index in [-0.39, 0.29) is 11.1 Å². The molecule has 0 bridgehead atoms. The summed E-state index contributed by atoms with van der Waals surface area (Å²) in [5.41, 5.74) is 0. The van der Waals surface area contributed by atoms with Gasteiger partial charge in [-0.05, 0) is 6.92 Å². The molecule has 1 aliphatic heterocycles. The van der Waals surface area contributed by atoms with Gasteiger partial charge in [0.2, 0.25) is 0 Å². The summed E-state index contributed by atoms with van der Waals surface area (Å²) in [5, 5.41) is -0.196. The largest absolute Gasteiger partial charge is 0.458 e. The number of ether oxygens (including phenoxy) is 3. The van der Waals surface area contributed by atoms with E-state index in [4.69, 9.17) is 14.2 Å². The minimum atomic E-state index is -0.546. The minimum Gasteiger partial charge on any atom is -0.458 e. The molecule has 0 aromatic carbocycles. The molecule has 1 saturated heterocycles. The molecular formula is C10H15BrO5. The van der Waals surface area contributed by atoms with E-state index in [2.05, 4.69) is 15.9 Å². The van der Waals surface area contributed by atoms with Crippen LogP contribution in [0.4, 0.5) is 0 Å². The fourth-order valence-corrected chi connectivity index (χ4v) is 2.39. The molecule has 92 valence electrons. The molecule has 1 fully saturated rings. The van der Waals surface area contributed by atoms with Gasteiger partial charge in [0.1, 0.15) is 11.1 Å². The molecule has 0 aliphatic carbocycles. The number of rotatable bonds is 2. The van der Waals surface area contributed by atoms with Gasteiger partial charge >= 0.3 is 11.9 Å². The smallest absolute Gasteiger partial charge is 0.303 e. The van der Waals surface area contributed by atoms with Crippen molar-refractivity contribution in [3.8, 4) is 0 Å². The lowest BCUT2D eigenvalue weighted by molar-refractivity contribution is -0.193. The Kier molecular flexibility index (Phi) is 4.73. The van der Waals surface area contributed by atoms with Crippen LogP contribution in [0, 0.1) is 0 Å². The third-order valence-corrected chi connectivity index (χ3v) is 2.82. The van der Waals surface area contributed by atoms with Crippen molar-refractivity contribution in [2.45, 2.75) is 50.5 Å². The zero-order valence-corrected chi connectivity index (χ0v) is 11.0. The molecule has 1 rings (SSSR count). The molecule has 0 spiro atoms. The highest BCUT2D eigenvalue weighted by Crippen LogP contribution is 2.28. The minimum absolute atomic E-state index is 0.196. The highest BCUT2D eigenvalue weighted by Gasteiger charge is 2.39. The van der Waals surface area contributed by atoms with E-state index in [1.54, 1.807) is 6.92 Å². The van der Waals surface area contributed by atoms with Crippen LogP contribution in [0.15, 0.2) is 0 Å². The molecule has 0 aromatic heterocycles. The zero-order chi connectivity index (χ0) is 12.3. The van der Waals surface area contributed by atoms with Crippen molar-refractivity contribution < 1.29 is 23.8 Å². The molecule has 1 heterocycles. The Labute approximate surface area is 103 Å². The van der Waals surface area contributed by atoms with E-state index < -0.39 is 24.1 Å². The summed E-state index contributed by atoms with van der Waals surface area (Å²) < 4.78 is 15.7. The topological polar surface area (TPSA) is 61.8 Å². The number of halogens is 1. The van der Waals surface area contributed by atoms with E-state index in [0.717, 1.165) is 0 Å². The molecule has 6 heteroatoms. The Morgan fingerprint density at radius 3 is 2.31 bits per heavy atom. The molecule has 1 aliphatic rings. The highest BCUT2D eigenvalue weighted by molar-refractivity contribution is 9.09. The van der Waals surface area contributed by atoms with Gasteiger partial charge in [-0.15, -0.1) is 0 Å². The quantitative estimate of drug-likeness (QED) is 0.569. The van der Waals surface area contributed by atoms with Crippen molar-refractivity contribution >= 4 is 27.9 Å². The first-order valence-electron chi connectivity index (χ1n) is 5.04. The van der Waals surface area contributed by atoms with Gasteiger partial charge in [-0.3, -0.25) is 9.59 Å². The fourth-order valence-electron chi connectivity index (χ4n) is 1.68. The maximum atomic E-state index is 10.9. The predicted molar refractivity (Wildman–Crippen MR) is 59.0 cm³/mol. The predicted octanol–water partition coefficient (Wildman–Crippen LogP) is 1.38. The number of hydrogen-bond donors (Lipinski definition) is 0. The van der Waals surface area contributed by atoms with E-state index in [9.17, 15) is 9.59 Å². The van der Waals surface area contributed by atoms with Gasteiger partial charge in [-0.25, -0.2) is 0 Å². The number of hydrogen-bond acceptors (Lipinski definition) is 5. The molecule has 5 nitrogen and oxygen atoms in total. The number of alkyl halides is 1. The van der Waals surface area contributed by atoms with Gasteiger partial charge in [0.05, 0.1) is 6.10 Å². The summed E-state index contributed by atoms with van der Waals surface area (Å²) in [6, 6.07) is 0. The third kappa shape index (κ3) is 3.75. The third-order valence-electron chi connectivity index (χ3n) is 2.23. The highest BCUT2D eigenvalue weighted by atomic mass is 79.9. The van der Waals surface area contributed by atoms with Crippen molar-refractivity contribution in [2.75, 3.05) is 0 Å². The van der Waals surface area contributed by atoms with Crippen molar-refractivity contribution in [2.24, 2.45) is 0 Å². The normalized spacial score (nSPS) is 34.2. The average molecular weight is 295 g/mol. The van der Waals surface area contributed by atoms with Crippen molar-refractivity contribution in [3.63, 3.8) is 0 Å². The Balaban J connectivity index is 2.71. The Morgan fingerprint density at radius 1 is 1.25 bits per heavy atom. The van der Waals surface area contributed by atoms with Crippen LogP contribution in [0.5, 0.6) is 0 Å². The van der Waals surface area contributed by atoms with E-state index in [1.165, 1.54) is 13.8 Å². The summed E-state index contributed by atoms with van der Waals surface area (Å²) in [5.74, 6) is -0.804. The molecule has 0 aromatic rings. The van der Waals surface area contributed by atoms with Crippen molar-refractivity contribution in [1.29, 1.82) is 0 Å². The second-order valence-corrected chi connectivity index (χ2v) is 4.73. The Bertz CT molecular complexity index is 280. The second-order valence-electron chi connectivity index (χ2n) is 3.71. The average Bonchev–Trinajstić information content (AvgIpc) is 2.09. The summed E-state index contributed by atoms with van der Waals surface area (Å²) in [7, 11) is 0. The van der Waals surface area contributed by atoms with Gasteiger partial charge in [0.15, 0.2) is 6.10 Å². The lowest BCUT2D eigenvalue weighted by Crippen LogP contribution is -2.49. The van der Waals surface area contributed by atoms with Crippen LogP contribution < -0.4 is 0 Å². The lowest BCUT2D eigenvalue weighted by atomic mass is 10.0. The Morgan fingerprint density at radius 2 is 1.81 bits per heavy atom. The lowest BCUT2D eigenvalue weighted by Gasteiger charge is -2.37. The molecule has 0 saturated carbocycles. The molecule has 0 radical (unpaired) electrons. The van der Waals surface area contributed by atoms with E-state index in [1.807, 2.05) is 0 Å². The summed E-state index contributed by atoms with van der Waals surface area (Å²) in [4.78, 5) is 21.9. The van der Waals surface area contributed by atoms with Crippen molar-refractivity contribution in [3.05, 3.63) is 0 Å². The SMILES string of the molecule is CC(=O)O[C@@H]1[C@H](C)O[C@H](Br)C[C@@H]1OC(C)=O. The zero-order valence-electron chi connectivity index (χ0n) is 9.44. The van der Waals surface area contributed by atoms with Crippen LogP contribution in [0.3, 0.4) is 0 Å². The van der Waals surface area contributed by atoms with Crippen LogP contribution in [0.25, 0.3) is 0 Å². The first kappa shape index (κ1) is 13.4. The van der Waals surface area contributed by atoms with Crippen LogP contribution in [-0.2, 0) is 23.8 Å². The maximum absolute atomic E-state index is 10.9. The first-order chi connectivity index (χ1) is 7.40. The number of carbonyl (C=O) groups is 2. The van der Waals surface area contributed by atoms with Gasteiger partial charge in [0.25, 0.3) is 0 Å². The van der Waals surface area contributed by atoms with E-state index >= 15 is 0 Å². The molecule has 0 amide bonds. The number of esters is 2. The maximum Gasteiger partial charge on any atom is 0.303 e. The summed E-state index contributed by atoms with van der Waals surface area (Å²) >= 11 is 3.30. The van der Waals surface area contributed by atoms with E-state index in [0.29, 0.717) is 6.42 Å². The van der Waals surface area contributed by atoms with Gasteiger partial charge < -0.3 is 14.2 Å². The monoisotopic (exact) mass is 294 g/mol.